The first-order valence-corrected chi connectivity index (χ1v) is 5.88. The summed E-state index contributed by atoms with van der Waals surface area (Å²) in [5, 5.41) is 14.4. The molecule has 0 radical (unpaired) electrons. The maximum atomic E-state index is 10.3. The van der Waals surface area contributed by atoms with Crippen molar-refractivity contribution in [3.63, 3.8) is 0 Å². The van der Waals surface area contributed by atoms with Crippen molar-refractivity contribution in [3.8, 4) is 11.6 Å². The zero-order valence-corrected chi connectivity index (χ0v) is 11.2. The molecule has 6 nitrogen and oxygen atoms in total. The van der Waals surface area contributed by atoms with Gasteiger partial charge in [-0.25, -0.2) is 4.98 Å². The summed E-state index contributed by atoms with van der Waals surface area (Å²) in [6.45, 7) is 0. The number of aliphatic hydroxyl groups excluding tert-OH is 1. The van der Waals surface area contributed by atoms with Gasteiger partial charge in [0.2, 0.25) is 5.88 Å². The van der Waals surface area contributed by atoms with E-state index in [9.17, 15) is 5.11 Å². The highest BCUT2D eigenvalue weighted by Gasteiger charge is 2.18. The fourth-order valence-corrected chi connectivity index (χ4v) is 1.94. The Morgan fingerprint density at radius 3 is 2.63 bits per heavy atom. The highest BCUT2D eigenvalue weighted by Crippen LogP contribution is 2.26. The second-order valence-corrected chi connectivity index (χ2v) is 4.15. The van der Waals surface area contributed by atoms with Gasteiger partial charge in [0.1, 0.15) is 11.8 Å². The Morgan fingerprint density at radius 1 is 1.26 bits per heavy atom. The van der Waals surface area contributed by atoms with Crippen molar-refractivity contribution in [1.82, 2.24) is 14.8 Å². The van der Waals surface area contributed by atoms with E-state index in [0.717, 1.165) is 5.56 Å². The van der Waals surface area contributed by atoms with Crippen molar-refractivity contribution in [2.24, 2.45) is 7.05 Å². The number of pyridine rings is 1. The van der Waals surface area contributed by atoms with Gasteiger partial charge in [-0.15, -0.1) is 0 Å². The Labute approximate surface area is 111 Å². The number of ether oxygens (including phenoxy) is 2. The largest absolute Gasteiger partial charge is 0.493 e. The lowest BCUT2D eigenvalue weighted by atomic mass is 10.1. The van der Waals surface area contributed by atoms with E-state index in [2.05, 4.69) is 10.1 Å². The Bertz CT molecular complexity index is 537. The summed E-state index contributed by atoms with van der Waals surface area (Å²) in [6.07, 6.45) is 3.01. The van der Waals surface area contributed by atoms with Gasteiger partial charge in [-0.3, -0.25) is 4.68 Å². The number of aliphatic hydroxyl groups is 1. The topological polar surface area (TPSA) is 69.4 Å². The average molecular weight is 263 g/mol. The molecule has 0 aliphatic rings. The number of methoxy groups -OCH3 is 2. The van der Waals surface area contributed by atoms with Gasteiger partial charge in [0.15, 0.2) is 5.75 Å². The number of nitrogens with zero attached hydrogens (tertiary/aromatic N) is 3. The fraction of sp³-hybridized carbons (Fsp3) is 0.385. The number of aryl methyl sites for hydroxylation is 1. The maximum absolute atomic E-state index is 10.3. The van der Waals surface area contributed by atoms with Crippen LogP contribution in [0, 0.1) is 0 Å². The van der Waals surface area contributed by atoms with Crippen LogP contribution in [0.2, 0.25) is 0 Å². The van der Waals surface area contributed by atoms with Gasteiger partial charge in [0, 0.05) is 25.7 Å². The van der Waals surface area contributed by atoms with E-state index < -0.39 is 6.10 Å². The monoisotopic (exact) mass is 263 g/mol. The van der Waals surface area contributed by atoms with Crippen molar-refractivity contribution in [1.29, 1.82) is 0 Å². The molecular weight excluding hydrogens is 246 g/mol. The molecule has 2 aromatic rings. The minimum Gasteiger partial charge on any atom is -0.493 e. The minimum atomic E-state index is -0.697. The molecule has 2 aromatic heterocycles. The fourth-order valence-electron chi connectivity index (χ4n) is 1.94. The molecule has 19 heavy (non-hydrogen) atoms. The maximum Gasteiger partial charge on any atom is 0.212 e. The Balaban J connectivity index is 2.15. The molecule has 1 unspecified atom stereocenters. The molecular formula is C13H17N3O3. The van der Waals surface area contributed by atoms with Crippen molar-refractivity contribution < 1.29 is 14.6 Å². The van der Waals surface area contributed by atoms with Crippen LogP contribution < -0.4 is 9.47 Å². The lowest BCUT2D eigenvalue weighted by Crippen LogP contribution is -2.09. The zero-order valence-electron chi connectivity index (χ0n) is 11.2. The number of aromatic nitrogens is 3. The third kappa shape index (κ3) is 2.85. The highest BCUT2D eigenvalue weighted by atomic mass is 16.5. The molecule has 102 valence electrons. The quantitative estimate of drug-likeness (QED) is 0.875. The third-order valence-corrected chi connectivity index (χ3v) is 2.92. The number of rotatable bonds is 5. The predicted molar refractivity (Wildman–Crippen MR) is 69.2 cm³/mol. The first-order chi connectivity index (χ1) is 9.15. The summed E-state index contributed by atoms with van der Waals surface area (Å²) in [4.78, 5) is 4.11. The molecule has 0 aliphatic carbocycles. The first-order valence-electron chi connectivity index (χ1n) is 5.88. The molecule has 2 heterocycles. The SMILES string of the molecule is COc1ccc(CC(O)c2c(OC)cnn2C)cn1. The molecule has 0 amide bonds. The van der Waals surface area contributed by atoms with Gasteiger partial charge in [-0.2, -0.15) is 5.10 Å². The van der Waals surface area contributed by atoms with Crippen LogP contribution in [0.3, 0.4) is 0 Å². The standard InChI is InChI=1S/C13H17N3O3/c1-16-13(11(18-2)8-15-16)10(17)6-9-4-5-12(19-3)14-7-9/h4-5,7-8,10,17H,6H2,1-3H3. The highest BCUT2D eigenvalue weighted by molar-refractivity contribution is 5.29. The van der Waals surface area contributed by atoms with Gasteiger partial charge < -0.3 is 14.6 Å². The van der Waals surface area contributed by atoms with Gasteiger partial charge >= 0.3 is 0 Å². The third-order valence-electron chi connectivity index (χ3n) is 2.92. The minimum absolute atomic E-state index is 0.437. The van der Waals surface area contributed by atoms with Crippen LogP contribution in [0.15, 0.2) is 24.5 Å². The summed E-state index contributed by atoms with van der Waals surface area (Å²) in [5.41, 5.74) is 1.56. The molecule has 6 heteroatoms. The average Bonchev–Trinajstić information content (AvgIpc) is 2.80. The van der Waals surface area contributed by atoms with Crippen LogP contribution in [-0.4, -0.2) is 34.1 Å². The van der Waals surface area contributed by atoms with E-state index in [-0.39, 0.29) is 0 Å². The summed E-state index contributed by atoms with van der Waals surface area (Å²) >= 11 is 0. The van der Waals surface area contributed by atoms with E-state index in [0.29, 0.717) is 23.7 Å². The molecule has 0 bridgehead atoms. The van der Waals surface area contributed by atoms with Gasteiger partial charge in [0.05, 0.1) is 20.4 Å². The van der Waals surface area contributed by atoms with Gasteiger partial charge in [-0.1, -0.05) is 6.07 Å². The molecule has 2 rings (SSSR count). The number of hydrogen-bond donors (Lipinski definition) is 1. The molecule has 1 N–H and O–H groups in total. The summed E-state index contributed by atoms with van der Waals surface area (Å²) < 4.78 is 11.8. The summed E-state index contributed by atoms with van der Waals surface area (Å²) in [7, 11) is 4.90. The van der Waals surface area contributed by atoms with Gasteiger partial charge in [-0.05, 0) is 5.56 Å². The molecule has 1 atom stereocenters. The van der Waals surface area contributed by atoms with Crippen molar-refractivity contribution in [3.05, 3.63) is 35.8 Å². The van der Waals surface area contributed by atoms with Crippen LogP contribution in [0.4, 0.5) is 0 Å². The molecule has 0 saturated carbocycles. The van der Waals surface area contributed by atoms with E-state index in [1.165, 1.54) is 0 Å². The van der Waals surface area contributed by atoms with Crippen LogP contribution in [-0.2, 0) is 13.5 Å². The number of hydrogen-bond acceptors (Lipinski definition) is 5. The van der Waals surface area contributed by atoms with E-state index >= 15 is 0 Å². The van der Waals surface area contributed by atoms with E-state index in [4.69, 9.17) is 9.47 Å². The van der Waals surface area contributed by atoms with Gasteiger partial charge in [0.25, 0.3) is 0 Å². The normalized spacial score (nSPS) is 12.2. The van der Waals surface area contributed by atoms with E-state index in [1.807, 2.05) is 6.07 Å². The molecule has 0 spiro atoms. The van der Waals surface area contributed by atoms with E-state index in [1.54, 1.807) is 44.4 Å². The summed E-state index contributed by atoms with van der Waals surface area (Å²) in [5.74, 6) is 1.13. The van der Waals surface area contributed by atoms with Crippen LogP contribution in [0.5, 0.6) is 11.6 Å². The van der Waals surface area contributed by atoms with Crippen LogP contribution in [0.1, 0.15) is 17.4 Å². The van der Waals surface area contributed by atoms with Crippen molar-refractivity contribution >= 4 is 0 Å². The molecule has 0 aliphatic heterocycles. The lowest BCUT2D eigenvalue weighted by molar-refractivity contribution is 0.164. The van der Waals surface area contributed by atoms with Crippen LogP contribution in [0.25, 0.3) is 0 Å². The predicted octanol–water partition coefficient (Wildman–Crippen LogP) is 1.11. The summed E-state index contributed by atoms with van der Waals surface area (Å²) in [6, 6.07) is 3.64. The molecule has 0 saturated heterocycles. The smallest absolute Gasteiger partial charge is 0.212 e. The first kappa shape index (κ1) is 13.4. The Kier molecular flexibility index (Phi) is 4.01. The molecule has 0 fully saturated rings. The van der Waals surface area contributed by atoms with Crippen LogP contribution >= 0.6 is 0 Å². The second kappa shape index (κ2) is 5.71. The molecule has 0 aromatic carbocycles. The zero-order chi connectivity index (χ0) is 13.8. The Morgan fingerprint density at radius 2 is 2.05 bits per heavy atom. The van der Waals surface area contributed by atoms with Crippen molar-refractivity contribution in [2.45, 2.75) is 12.5 Å². The van der Waals surface area contributed by atoms with Crippen molar-refractivity contribution in [2.75, 3.05) is 14.2 Å². The second-order valence-electron chi connectivity index (χ2n) is 4.15. The Hall–Kier alpha value is -2.08. The lowest BCUT2D eigenvalue weighted by Gasteiger charge is -2.13.